The highest BCUT2D eigenvalue weighted by Gasteiger charge is 2.24. The molecule has 3 rings (SSSR count). The predicted octanol–water partition coefficient (Wildman–Crippen LogP) is 2.69. The van der Waals surface area contributed by atoms with Crippen molar-refractivity contribution in [2.45, 2.75) is 30.7 Å². The molecule has 6 heteroatoms. The quantitative estimate of drug-likeness (QED) is 0.885. The Morgan fingerprint density at radius 3 is 2.52 bits per heavy atom. The predicted molar refractivity (Wildman–Crippen MR) is 88.9 cm³/mol. The van der Waals surface area contributed by atoms with E-state index < -0.39 is 10.0 Å². The highest BCUT2D eigenvalue weighted by Crippen LogP contribution is 2.22. The van der Waals surface area contributed by atoms with Crippen molar-refractivity contribution in [2.24, 2.45) is 0 Å². The number of aryl methyl sites for hydroxylation is 1. The second kappa shape index (κ2) is 6.04. The largest absolute Gasteiger partial charge is 0.349 e. The summed E-state index contributed by atoms with van der Waals surface area (Å²) in [7, 11) is -3.73. The van der Waals surface area contributed by atoms with Crippen molar-refractivity contribution in [1.29, 1.82) is 0 Å². The zero-order valence-corrected chi connectivity index (χ0v) is 13.6. The first kappa shape index (κ1) is 15.6. The lowest BCUT2D eigenvalue weighted by atomic mass is 10.2. The number of anilines is 1. The summed E-state index contributed by atoms with van der Waals surface area (Å²) < 4.78 is 27.6. The van der Waals surface area contributed by atoms with E-state index in [9.17, 15) is 13.2 Å². The van der Waals surface area contributed by atoms with Crippen molar-refractivity contribution in [1.82, 2.24) is 5.32 Å². The molecule has 2 aromatic rings. The molecule has 0 aliphatic heterocycles. The van der Waals surface area contributed by atoms with Gasteiger partial charge in [0.2, 0.25) is 0 Å². The fourth-order valence-electron chi connectivity index (χ4n) is 2.19. The summed E-state index contributed by atoms with van der Waals surface area (Å²) in [6.07, 6.45) is 1.97. The zero-order valence-electron chi connectivity index (χ0n) is 12.7. The van der Waals surface area contributed by atoms with E-state index in [0.29, 0.717) is 11.3 Å². The molecule has 0 saturated heterocycles. The van der Waals surface area contributed by atoms with Gasteiger partial charge >= 0.3 is 0 Å². The summed E-state index contributed by atoms with van der Waals surface area (Å²) in [5, 5.41) is 2.85. The van der Waals surface area contributed by atoms with Crippen LogP contribution < -0.4 is 10.0 Å². The van der Waals surface area contributed by atoms with Crippen LogP contribution in [0.3, 0.4) is 0 Å². The second-order valence-electron chi connectivity index (χ2n) is 5.70. The van der Waals surface area contributed by atoms with Gasteiger partial charge in [-0.15, -0.1) is 0 Å². The molecule has 2 N–H and O–H groups in total. The third-order valence-electron chi connectivity index (χ3n) is 3.71. The normalized spacial score (nSPS) is 14.3. The molecule has 1 amide bonds. The first-order valence-electron chi connectivity index (χ1n) is 7.45. The second-order valence-corrected chi connectivity index (χ2v) is 7.38. The SMILES string of the molecule is Cc1ccccc1NS(=O)(=O)c1cccc(C(=O)NC2CC2)c1. The molecule has 0 aromatic heterocycles. The average Bonchev–Trinajstić information content (AvgIpc) is 3.33. The minimum absolute atomic E-state index is 0.0733. The van der Waals surface area contributed by atoms with Gasteiger partial charge in [-0.3, -0.25) is 9.52 Å². The van der Waals surface area contributed by atoms with E-state index in [-0.39, 0.29) is 16.8 Å². The van der Waals surface area contributed by atoms with Crippen LogP contribution in [0.15, 0.2) is 53.4 Å². The fraction of sp³-hybridized carbons (Fsp3) is 0.235. The Balaban J connectivity index is 1.85. The maximum absolute atomic E-state index is 12.5. The third-order valence-corrected chi connectivity index (χ3v) is 5.07. The molecular weight excluding hydrogens is 312 g/mol. The van der Waals surface area contributed by atoms with Gasteiger partial charge in [0.05, 0.1) is 10.6 Å². The van der Waals surface area contributed by atoms with Gasteiger partial charge in [-0.25, -0.2) is 8.42 Å². The Kier molecular flexibility index (Phi) is 4.09. The molecule has 0 heterocycles. The number of carbonyl (C=O) groups excluding carboxylic acids is 1. The summed E-state index contributed by atoms with van der Waals surface area (Å²) in [6, 6.07) is 13.5. The van der Waals surface area contributed by atoms with E-state index in [4.69, 9.17) is 0 Å². The van der Waals surface area contributed by atoms with Gasteiger partial charge < -0.3 is 5.32 Å². The molecule has 120 valence electrons. The summed E-state index contributed by atoms with van der Waals surface area (Å²) >= 11 is 0. The monoisotopic (exact) mass is 330 g/mol. The summed E-state index contributed by atoms with van der Waals surface area (Å²) in [6.45, 7) is 1.83. The molecule has 1 aliphatic carbocycles. The third kappa shape index (κ3) is 3.71. The molecule has 0 spiro atoms. The number of para-hydroxylation sites is 1. The lowest BCUT2D eigenvalue weighted by Gasteiger charge is -2.11. The van der Waals surface area contributed by atoms with Crippen LogP contribution in [0.5, 0.6) is 0 Å². The van der Waals surface area contributed by atoms with Crippen LogP contribution in [0.4, 0.5) is 5.69 Å². The number of hydrogen-bond acceptors (Lipinski definition) is 3. The minimum Gasteiger partial charge on any atom is -0.349 e. The number of rotatable bonds is 5. The van der Waals surface area contributed by atoms with Gasteiger partial charge in [-0.05, 0) is 49.6 Å². The Hall–Kier alpha value is -2.34. The van der Waals surface area contributed by atoms with E-state index in [1.165, 1.54) is 12.1 Å². The number of nitrogens with one attached hydrogen (secondary N) is 2. The van der Waals surface area contributed by atoms with E-state index >= 15 is 0 Å². The van der Waals surface area contributed by atoms with Crippen LogP contribution in [0.1, 0.15) is 28.8 Å². The number of amides is 1. The molecule has 5 nitrogen and oxygen atoms in total. The van der Waals surface area contributed by atoms with Gasteiger partial charge in [0.1, 0.15) is 0 Å². The zero-order chi connectivity index (χ0) is 16.4. The van der Waals surface area contributed by atoms with Crippen LogP contribution in [-0.4, -0.2) is 20.4 Å². The molecule has 1 fully saturated rings. The van der Waals surface area contributed by atoms with Crippen molar-refractivity contribution < 1.29 is 13.2 Å². The van der Waals surface area contributed by atoms with Crippen LogP contribution in [-0.2, 0) is 10.0 Å². The highest BCUT2D eigenvalue weighted by molar-refractivity contribution is 7.92. The number of benzene rings is 2. The lowest BCUT2D eigenvalue weighted by molar-refractivity contribution is 0.0951. The van der Waals surface area contributed by atoms with Gasteiger partial charge in [-0.1, -0.05) is 24.3 Å². The van der Waals surface area contributed by atoms with E-state index in [2.05, 4.69) is 10.0 Å². The minimum atomic E-state index is -3.73. The Bertz CT molecular complexity index is 842. The average molecular weight is 330 g/mol. The smallest absolute Gasteiger partial charge is 0.261 e. The molecule has 1 saturated carbocycles. The maximum Gasteiger partial charge on any atom is 0.261 e. The summed E-state index contributed by atoms with van der Waals surface area (Å²) in [5.41, 5.74) is 1.71. The number of carbonyl (C=O) groups is 1. The molecule has 1 aliphatic rings. The molecule has 0 bridgehead atoms. The Labute approximate surface area is 135 Å². The molecule has 0 unspecified atom stereocenters. The Morgan fingerprint density at radius 2 is 1.83 bits per heavy atom. The van der Waals surface area contributed by atoms with Gasteiger partial charge in [0.15, 0.2) is 0 Å². The van der Waals surface area contributed by atoms with Gasteiger partial charge in [-0.2, -0.15) is 0 Å². The molecule has 0 radical (unpaired) electrons. The Morgan fingerprint density at radius 1 is 1.09 bits per heavy atom. The first-order chi connectivity index (χ1) is 11.0. The van der Waals surface area contributed by atoms with Crippen molar-refractivity contribution >= 4 is 21.6 Å². The summed E-state index contributed by atoms with van der Waals surface area (Å²) in [4.78, 5) is 12.1. The lowest BCUT2D eigenvalue weighted by Crippen LogP contribution is -2.25. The number of hydrogen-bond donors (Lipinski definition) is 2. The fourth-order valence-corrected chi connectivity index (χ4v) is 3.37. The van der Waals surface area contributed by atoms with Crippen LogP contribution in [0.2, 0.25) is 0 Å². The van der Waals surface area contributed by atoms with E-state index in [1.54, 1.807) is 24.3 Å². The van der Waals surface area contributed by atoms with Gasteiger partial charge in [0, 0.05) is 11.6 Å². The van der Waals surface area contributed by atoms with Crippen LogP contribution in [0, 0.1) is 6.92 Å². The summed E-state index contributed by atoms with van der Waals surface area (Å²) in [5.74, 6) is -0.236. The van der Waals surface area contributed by atoms with Crippen molar-refractivity contribution in [2.75, 3.05) is 4.72 Å². The molecule has 23 heavy (non-hydrogen) atoms. The topological polar surface area (TPSA) is 75.3 Å². The van der Waals surface area contributed by atoms with Crippen LogP contribution >= 0.6 is 0 Å². The van der Waals surface area contributed by atoms with Gasteiger partial charge in [0.25, 0.3) is 15.9 Å². The van der Waals surface area contributed by atoms with E-state index in [1.807, 2.05) is 19.1 Å². The molecular formula is C17H18N2O3S. The van der Waals surface area contributed by atoms with Crippen LogP contribution in [0.25, 0.3) is 0 Å². The van der Waals surface area contributed by atoms with Crippen molar-refractivity contribution in [3.63, 3.8) is 0 Å². The first-order valence-corrected chi connectivity index (χ1v) is 8.93. The van der Waals surface area contributed by atoms with Crippen molar-refractivity contribution in [3.8, 4) is 0 Å². The standard InChI is InChI=1S/C17H18N2O3S/c1-12-5-2-3-8-16(12)19-23(21,22)15-7-4-6-13(11-15)17(20)18-14-9-10-14/h2-8,11,14,19H,9-10H2,1H3,(H,18,20). The van der Waals surface area contributed by atoms with E-state index in [0.717, 1.165) is 18.4 Å². The maximum atomic E-state index is 12.5. The highest BCUT2D eigenvalue weighted by atomic mass is 32.2. The molecule has 2 aromatic carbocycles. The molecule has 0 atom stereocenters. The number of sulfonamides is 1. The van der Waals surface area contributed by atoms with Crippen molar-refractivity contribution in [3.05, 3.63) is 59.7 Å².